The lowest BCUT2D eigenvalue weighted by Crippen LogP contribution is -2.38. The molecule has 1 aromatic carbocycles. The highest BCUT2D eigenvalue weighted by atomic mass is 35.5. The van der Waals surface area contributed by atoms with Crippen LogP contribution in [0.15, 0.2) is 18.2 Å². The van der Waals surface area contributed by atoms with E-state index in [4.69, 9.17) is 21.8 Å². The van der Waals surface area contributed by atoms with Crippen LogP contribution in [0.4, 0.5) is 4.39 Å². The highest BCUT2D eigenvalue weighted by Gasteiger charge is 2.33. The Balaban J connectivity index is 1.49. The number of carboxylic acid groups (broad SMARTS) is 1. The molecule has 4 rings (SSSR count). The minimum atomic E-state index is -0.872. The molecule has 0 radical (unpaired) electrons. The summed E-state index contributed by atoms with van der Waals surface area (Å²) in [5, 5.41) is 17.1. The first-order valence-electron chi connectivity index (χ1n) is 10.6. The van der Waals surface area contributed by atoms with Crippen molar-refractivity contribution in [2.24, 2.45) is 5.92 Å². The summed E-state index contributed by atoms with van der Waals surface area (Å²) < 4.78 is 16.1. The fourth-order valence-electron chi connectivity index (χ4n) is 4.53. The van der Waals surface area contributed by atoms with Crippen molar-refractivity contribution < 1.29 is 19.1 Å². The first-order valence-corrected chi connectivity index (χ1v) is 11.0. The van der Waals surface area contributed by atoms with Gasteiger partial charge in [0.2, 0.25) is 5.91 Å². The number of hydrogen-bond donors (Lipinski definition) is 2. The maximum Gasteiger partial charge on any atom is 0.320 e. The van der Waals surface area contributed by atoms with E-state index in [1.807, 2.05) is 11.8 Å². The van der Waals surface area contributed by atoms with Gasteiger partial charge in [0, 0.05) is 29.1 Å². The van der Waals surface area contributed by atoms with Gasteiger partial charge < -0.3 is 15.3 Å². The molecular weight excluding hydrogens is 423 g/mol. The number of aromatic nitrogens is 2. The number of amides is 1. The number of aliphatic carboxylic acids is 1. The van der Waals surface area contributed by atoms with E-state index in [0.29, 0.717) is 49.5 Å². The van der Waals surface area contributed by atoms with E-state index in [1.54, 1.807) is 16.8 Å². The minimum absolute atomic E-state index is 0.0203. The summed E-state index contributed by atoms with van der Waals surface area (Å²) in [6.07, 6.45) is 2.28. The van der Waals surface area contributed by atoms with E-state index in [1.165, 1.54) is 6.07 Å². The highest BCUT2D eigenvalue weighted by molar-refractivity contribution is 6.30. The van der Waals surface area contributed by atoms with Gasteiger partial charge in [0.1, 0.15) is 11.9 Å². The van der Waals surface area contributed by atoms with Crippen molar-refractivity contribution >= 4 is 23.5 Å². The molecule has 31 heavy (non-hydrogen) atoms. The molecule has 2 N–H and O–H groups in total. The van der Waals surface area contributed by atoms with Gasteiger partial charge in [0.05, 0.1) is 24.5 Å². The average Bonchev–Trinajstić information content (AvgIpc) is 3.34. The number of aryl methyl sites for hydroxylation is 1. The zero-order valence-corrected chi connectivity index (χ0v) is 18.2. The highest BCUT2D eigenvalue weighted by Crippen LogP contribution is 2.27. The summed E-state index contributed by atoms with van der Waals surface area (Å²) in [6, 6.07) is 4.04. The zero-order chi connectivity index (χ0) is 22.1. The topological polar surface area (TPSA) is 87.5 Å². The van der Waals surface area contributed by atoms with Gasteiger partial charge in [-0.15, -0.1) is 0 Å². The number of rotatable bonds is 6. The Labute approximate surface area is 185 Å². The van der Waals surface area contributed by atoms with E-state index in [9.17, 15) is 14.0 Å². The summed E-state index contributed by atoms with van der Waals surface area (Å²) in [7, 11) is 0. The van der Waals surface area contributed by atoms with E-state index < -0.39 is 12.0 Å². The van der Waals surface area contributed by atoms with Crippen LogP contribution in [-0.2, 0) is 35.5 Å². The first kappa shape index (κ1) is 21.8. The van der Waals surface area contributed by atoms with Crippen LogP contribution >= 0.6 is 11.6 Å². The van der Waals surface area contributed by atoms with Gasteiger partial charge in [0.15, 0.2) is 0 Å². The summed E-state index contributed by atoms with van der Waals surface area (Å²) in [5.41, 5.74) is 3.58. The molecule has 9 heteroatoms. The third kappa shape index (κ3) is 4.60. The van der Waals surface area contributed by atoms with Gasteiger partial charge in [-0.3, -0.25) is 14.3 Å². The van der Waals surface area contributed by atoms with Crippen molar-refractivity contribution in [3.8, 4) is 0 Å². The number of nitrogens with one attached hydrogen (secondary N) is 1. The zero-order valence-electron chi connectivity index (χ0n) is 17.4. The molecule has 1 aromatic heterocycles. The second kappa shape index (κ2) is 8.96. The number of hydrogen-bond acceptors (Lipinski definition) is 4. The van der Waals surface area contributed by atoms with Crippen LogP contribution in [0.3, 0.4) is 0 Å². The lowest BCUT2D eigenvalue weighted by atomic mass is 9.99. The molecule has 0 aliphatic carbocycles. The second-order valence-corrected chi connectivity index (χ2v) is 8.73. The summed E-state index contributed by atoms with van der Waals surface area (Å²) >= 11 is 5.87. The molecule has 0 spiro atoms. The Hall–Kier alpha value is -2.45. The van der Waals surface area contributed by atoms with Gasteiger partial charge in [-0.1, -0.05) is 24.6 Å². The Morgan fingerprint density at radius 2 is 2.19 bits per heavy atom. The Bertz CT molecular complexity index is 1010. The lowest BCUT2D eigenvalue weighted by molar-refractivity contribution is -0.139. The maximum absolute atomic E-state index is 14.3. The fourth-order valence-corrected chi connectivity index (χ4v) is 4.69. The molecule has 2 atom stereocenters. The third-order valence-electron chi connectivity index (χ3n) is 6.23. The molecule has 1 unspecified atom stereocenters. The molecule has 2 aliphatic rings. The Morgan fingerprint density at radius 3 is 2.87 bits per heavy atom. The molecular formula is C22H26ClFN4O3. The summed E-state index contributed by atoms with van der Waals surface area (Å²) in [4.78, 5) is 25.9. The quantitative estimate of drug-likeness (QED) is 0.709. The molecule has 7 nitrogen and oxygen atoms in total. The van der Waals surface area contributed by atoms with Gasteiger partial charge in [-0.25, -0.2) is 4.39 Å². The van der Waals surface area contributed by atoms with Crippen LogP contribution in [0.1, 0.15) is 42.3 Å². The van der Waals surface area contributed by atoms with Gasteiger partial charge in [0.25, 0.3) is 0 Å². The average molecular weight is 449 g/mol. The third-order valence-corrected chi connectivity index (χ3v) is 6.46. The van der Waals surface area contributed by atoms with Crippen LogP contribution in [0.2, 0.25) is 5.02 Å². The van der Waals surface area contributed by atoms with E-state index in [-0.39, 0.29) is 24.2 Å². The fraction of sp³-hybridized carbons (Fsp3) is 0.500. The van der Waals surface area contributed by atoms with Crippen molar-refractivity contribution in [3.05, 3.63) is 51.6 Å². The molecule has 1 saturated heterocycles. The molecule has 1 fully saturated rings. The summed E-state index contributed by atoms with van der Waals surface area (Å²) in [5.74, 6) is -1.20. The van der Waals surface area contributed by atoms with Gasteiger partial charge in [-0.2, -0.15) is 5.10 Å². The normalized spacial score (nSPS) is 20.7. The van der Waals surface area contributed by atoms with E-state index >= 15 is 0 Å². The first-order chi connectivity index (χ1) is 14.9. The number of carbonyl (C=O) groups excluding carboxylic acids is 1. The number of benzene rings is 1. The Kier molecular flexibility index (Phi) is 6.29. The molecule has 1 amide bonds. The number of fused-ring (bicyclic) bond motifs is 1. The number of carboxylic acids is 1. The minimum Gasteiger partial charge on any atom is -0.480 e. The number of halogens is 2. The molecule has 2 aliphatic heterocycles. The summed E-state index contributed by atoms with van der Waals surface area (Å²) in [6.45, 7) is 3.90. The van der Waals surface area contributed by atoms with Crippen molar-refractivity contribution in [1.29, 1.82) is 0 Å². The number of carbonyl (C=O) groups is 2. The van der Waals surface area contributed by atoms with Crippen molar-refractivity contribution in [2.45, 2.75) is 51.7 Å². The molecule has 2 aromatic rings. The molecule has 0 bridgehead atoms. The van der Waals surface area contributed by atoms with E-state index in [2.05, 4.69) is 5.32 Å². The van der Waals surface area contributed by atoms with Gasteiger partial charge >= 0.3 is 5.97 Å². The molecule has 3 heterocycles. The number of nitrogens with zero attached hydrogens (tertiary/aromatic N) is 3. The monoisotopic (exact) mass is 448 g/mol. The predicted octanol–water partition coefficient (Wildman–Crippen LogP) is 2.62. The van der Waals surface area contributed by atoms with E-state index in [0.717, 1.165) is 23.4 Å². The van der Waals surface area contributed by atoms with Gasteiger partial charge in [-0.05, 0) is 43.9 Å². The lowest BCUT2D eigenvalue weighted by Gasteiger charge is -2.29. The van der Waals surface area contributed by atoms with Crippen molar-refractivity contribution in [1.82, 2.24) is 20.0 Å². The SMILES string of the molecule is CCc1nn(Cc2ccc(Cl)cc2F)c2c1CCN(C(=O)CC1CN[C@H](C(=O)O)C1)C2. The maximum atomic E-state index is 14.3. The van der Waals surface area contributed by atoms with Crippen LogP contribution in [0.25, 0.3) is 0 Å². The van der Waals surface area contributed by atoms with Crippen LogP contribution in [-0.4, -0.2) is 50.8 Å². The largest absolute Gasteiger partial charge is 0.480 e. The van der Waals surface area contributed by atoms with Crippen LogP contribution in [0.5, 0.6) is 0 Å². The van der Waals surface area contributed by atoms with Crippen LogP contribution in [0, 0.1) is 11.7 Å². The van der Waals surface area contributed by atoms with Crippen molar-refractivity contribution in [2.75, 3.05) is 13.1 Å². The van der Waals surface area contributed by atoms with Crippen LogP contribution < -0.4 is 5.32 Å². The molecule has 166 valence electrons. The second-order valence-electron chi connectivity index (χ2n) is 8.29. The predicted molar refractivity (Wildman–Crippen MR) is 113 cm³/mol. The smallest absolute Gasteiger partial charge is 0.320 e. The Morgan fingerprint density at radius 1 is 1.39 bits per heavy atom. The standard InChI is InChI=1S/C22H26ClFN4O3/c1-2-18-16-5-6-27(21(29)8-13-7-19(22(30)31)25-10-13)12-20(16)28(26-18)11-14-3-4-15(23)9-17(14)24/h3-4,9,13,19,25H,2,5-8,10-12H2,1H3,(H,30,31)/t13?,19-/m0/s1. The van der Waals surface area contributed by atoms with Crippen molar-refractivity contribution in [3.63, 3.8) is 0 Å². The molecule has 0 saturated carbocycles.